The molecular weight excluding hydrogens is 283 g/mol. The van der Waals surface area contributed by atoms with Crippen molar-refractivity contribution < 1.29 is 27.9 Å². The van der Waals surface area contributed by atoms with E-state index in [0.29, 0.717) is 18.9 Å². The van der Waals surface area contributed by atoms with Gasteiger partial charge in [-0.3, -0.25) is 4.79 Å². The Morgan fingerprint density at radius 1 is 1.42 bits per heavy atom. The third-order valence-electron chi connectivity index (χ3n) is 2.69. The van der Waals surface area contributed by atoms with Gasteiger partial charge in [-0.15, -0.1) is 11.3 Å². The third kappa shape index (κ3) is 2.89. The number of rotatable bonds is 4. The van der Waals surface area contributed by atoms with Crippen LogP contribution in [0.1, 0.15) is 29.1 Å². The van der Waals surface area contributed by atoms with Crippen molar-refractivity contribution in [3.8, 4) is 0 Å². The van der Waals surface area contributed by atoms with Crippen molar-refractivity contribution in [1.29, 1.82) is 0 Å². The summed E-state index contributed by atoms with van der Waals surface area (Å²) in [7, 11) is 0. The van der Waals surface area contributed by atoms with Crippen molar-refractivity contribution in [1.82, 2.24) is 5.32 Å². The van der Waals surface area contributed by atoms with Gasteiger partial charge >= 0.3 is 12.1 Å². The Hall–Kier alpha value is -1.57. The Labute approximate surface area is 111 Å². The molecule has 1 heterocycles. The van der Waals surface area contributed by atoms with Crippen LogP contribution in [0, 0.1) is 0 Å². The molecule has 0 fully saturated rings. The van der Waals surface area contributed by atoms with E-state index < -0.39 is 23.6 Å². The van der Waals surface area contributed by atoms with Gasteiger partial charge in [-0.2, -0.15) is 13.2 Å². The molecule has 1 rings (SSSR count). The summed E-state index contributed by atoms with van der Waals surface area (Å²) in [6.07, 6.45) is -4.61. The molecule has 0 aliphatic carbocycles. The van der Waals surface area contributed by atoms with Gasteiger partial charge in [0.25, 0.3) is 5.91 Å². The van der Waals surface area contributed by atoms with Gasteiger partial charge in [0.2, 0.25) is 5.54 Å². The van der Waals surface area contributed by atoms with Crippen LogP contribution in [0.2, 0.25) is 0 Å². The Morgan fingerprint density at radius 3 is 2.42 bits per heavy atom. The van der Waals surface area contributed by atoms with Gasteiger partial charge in [-0.25, -0.2) is 4.79 Å². The van der Waals surface area contributed by atoms with Crippen molar-refractivity contribution in [2.45, 2.75) is 32.0 Å². The highest BCUT2D eigenvalue weighted by molar-refractivity contribution is 7.12. The molecule has 0 aliphatic rings. The average molecular weight is 295 g/mol. The van der Waals surface area contributed by atoms with E-state index in [4.69, 9.17) is 5.11 Å². The van der Waals surface area contributed by atoms with Crippen LogP contribution >= 0.6 is 11.3 Å². The molecule has 106 valence electrons. The van der Waals surface area contributed by atoms with E-state index in [2.05, 4.69) is 0 Å². The standard InChI is InChI=1S/C11H12F3NO3S/c1-3-6-4-5-19-7(6)8(16)15-10(2,9(17)18)11(12,13)14/h4-5H,3H2,1-2H3,(H,15,16)(H,17,18). The Bertz CT molecular complexity index is 498. The number of thiophene rings is 1. The molecule has 0 saturated heterocycles. The van der Waals surface area contributed by atoms with Crippen molar-refractivity contribution in [2.75, 3.05) is 0 Å². The zero-order valence-corrected chi connectivity index (χ0v) is 11.0. The van der Waals surface area contributed by atoms with Crippen LogP contribution in [-0.2, 0) is 11.2 Å². The van der Waals surface area contributed by atoms with E-state index >= 15 is 0 Å². The zero-order valence-electron chi connectivity index (χ0n) is 10.2. The Morgan fingerprint density at radius 2 is 2.00 bits per heavy atom. The highest BCUT2D eigenvalue weighted by Gasteiger charge is 2.58. The molecule has 0 bridgehead atoms. The first kappa shape index (κ1) is 15.5. The zero-order chi connectivity index (χ0) is 14.8. The third-order valence-corrected chi connectivity index (χ3v) is 3.65. The van der Waals surface area contributed by atoms with Gasteiger partial charge in [-0.05, 0) is 30.4 Å². The summed E-state index contributed by atoms with van der Waals surface area (Å²) >= 11 is 0.973. The second kappa shape index (κ2) is 5.20. The Kier molecular flexibility index (Phi) is 4.24. The van der Waals surface area contributed by atoms with Gasteiger partial charge in [0.1, 0.15) is 0 Å². The predicted octanol–water partition coefficient (Wildman–Crippen LogP) is 2.45. The lowest BCUT2D eigenvalue weighted by atomic mass is 10.0. The molecule has 1 aromatic rings. The Balaban J connectivity index is 3.06. The van der Waals surface area contributed by atoms with Gasteiger partial charge in [0, 0.05) is 0 Å². The first-order valence-corrected chi connectivity index (χ1v) is 6.20. The summed E-state index contributed by atoms with van der Waals surface area (Å²) in [5.41, 5.74) is -2.73. The minimum Gasteiger partial charge on any atom is -0.479 e. The van der Waals surface area contributed by atoms with E-state index in [1.165, 1.54) is 0 Å². The SMILES string of the molecule is CCc1ccsc1C(=O)NC(C)(C(=O)O)C(F)(F)F. The molecule has 0 saturated carbocycles. The fraction of sp³-hybridized carbons (Fsp3) is 0.455. The topological polar surface area (TPSA) is 66.4 Å². The molecule has 0 spiro atoms. The smallest absolute Gasteiger partial charge is 0.422 e. The number of alkyl halides is 3. The molecule has 1 atom stereocenters. The molecule has 0 aromatic carbocycles. The second-order valence-electron chi connectivity index (χ2n) is 4.01. The number of amides is 1. The highest BCUT2D eigenvalue weighted by atomic mass is 32.1. The minimum atomic E-state index is -5.09. The fourth-order valence-corrected chi connectivity index (χ4v) is 2.23. The number of carbonyl (C=O) groups is 2. The minimum absolute atomic E-state index is 0.0965. The summed E-state index contributed by atoms with van der Waals surface area (Å²) in [6.45, 7) is 2.17. The van der Waals surface area contributed by atoms with Crippen molar-refractivity contribution in [3.05, 3.63) is 21.9 Å². The van der Waals surface area contributed by atoms with Crippen molar-refractivity contribution in [3.63, 3.8) is 0 Å². The van der Waals surface area contributed by atoms with Crippen LogP contribution in [0.15, 0.2) is 11.4 Å². The number of aryl methyl sites for hydroxylation is 1. The van der Waals surface area contributed by atoms with Gasteiger partial charge < -0.3 is 10.4 Å². The quantitative estimate of drug-likeness (QED) is 0.896. The number of carboxylic acids is 1. The first-order valence-electron chi connectivity index (χ1n) is 5.32. The lowest BCUT2D eigenvalue weighted by Crippen LogP contribution is -2.61. The van der Waals surface area contributed by atoms with Crippen LogP contribution in [0.4, 0.5) is 13.2 Å². The first-order chi connectivity index (χ1) is 8.63. The number of hydrogen-bond donors (Lipinski definition) is 2. The summed E-state index contributed by atoms with van der Waals surface area (Å²) in [6, 6.07) is 1.62. The van der Waals surface area contributed by atoms with Crippen LogP contribution in [0.3, 0.4) is 0 Å². The maximum absolute atomic E-state index is 12.7. The molecule has 19 heavy (non-hydrogen) atoms. The van der Waals surface area contributed by atoms with Crippen LogP contribution in [0.25, 0.3) is 0 Å². The van der Waals surface area contributed by atoms with E-state index in [-0.39, 0.29) is 4.88 Å². The van der Waals surface area contributed by atoms with Gasteiger partial charge in [0.05, 0.1) is 4.88 Å². The average Bonchev–Trinajstić information content (AvgIpc) is 2.74. The van der Waals surface area contributed by atoms with E-state index in [1.807, 2.05) is 0 Å². The van der Waals surface area contributed by atoms with Crippen molar-refractivity contribution >= 4 is 23.2 Å². The summed E-state index contributed by atoms with van der Waals surface area (Å²) in [4.78, 5) is 22.7. The number of halogens is 3. The maximum atomic E-state index is 12.7. The summed E-state index contributed by atoms with van der Waals surface area (Å²) in [5, 5.41) is 11.8. The monoisotopic (exact) mass is 295 g/mol. The molecule has 0 radical (unpaired) electrons. The van der Waals surface area contributed by atoms with Crippen molar-refractivity contribution in [2.24, 2.45) is 0 Å². The summed E-state index contributed by atoms with van der Waals surface area (Å²) < 4.78 is 38.2. The molecule has 2 N–H and O–H groups in total. The summed E-state index contributed by atoms with van der Waals surface area (Å²) in [5.74, 6) is -3.18. The predicted molar refractivity (Wildman–Crippen MR) is 63.3 cm³/mol. The molecule has 1 unspecified atom stereocenters. The lowest BCUT2D eigenvalue weighted by molar-refractivity contribution is -0.203. The number of aliphatic carboxylic acids is 1. The fourth-order valence-electron chi connectivity index (χ4n) is 1.34. The largest absolute Gasteiger partial charge is 0.479 e. The molecule has 1 amide bonds. The van der Waals surface area contributed by atoms with Crippen LogP contribution in [0.5, 0.6) is 0 Å². The molecule has 8 heteroatoms. The number of nitrogens with one attached hydrogen (secondary N) is 1. The molecule has 1 aromatic heterocycles. The number of hydrogen-bond acceptors (Lipinski definition) is 3. The van der Waals surface area contributed by atoms with Crippen LogP contribution in [-0.4, -0.2) is 28.7 Å². The lowest BCUT2D eigenvalue weighted by Gasteiger charge is -2.28. The van der Waals surface area contributed by atoms with E-state index in [1.54, 1.807) is 23.7 Å². The molecule has 0 aliphatic heterocycles. The molecular formula is C11H12F3NO3S. The van der Waals surface area contributed by atoms with Crippen LogP contribution < -0.4 is 5.32 Å². The number of carboxylic acid groups (broad SMARTS) is 1. The van der Waals surface area contributed by atoms with Gasteiger partial charge in [0.15, 0.2) is 0 Å². The van der Waals surface area contributed by atoms with E-state index in [0.717, 1.165) is 11.3 Å². The maximum Gasteiger partial charge on any atom is 0.422 e. The normalized spacial score (nSPS) is 14.8. The van der Waals surface area contributed by atoms with Gasteiger partial charge in [-0.1, -0.05) is 6.92 Å². The highest BCUT2D eigenvalue weighted by Crippen LogP contribution is 2.31. The number of carbonyl (C=O) groups excluding carboxylic acids is 1. The second-order valence-corrected chi connectivity index (χ2v) is 4.93. The van der Waals surface area contributed by atoms with E-state index in [9.17, 15) is 22.8 Å². The molecule has 4 nitrogen and oxygen atoms in total.